The quantitative estimate of drug-likeness (QED) is 0.633. The predicted octanol–water partition coefficient (Wildman–Crippen LogP) is 2.21. The third-order valence-electron chi connectivity index (χ3n) is 4.01. The number of thiophene rings is 1. The number of benzene rings is 1. The molecular formula is C17H20N2O5S2. The molecule has 1 unspecified atom stereocenters. The zero-order chi connectivity index (χ0) is 19.4. The largest absolute Gasteiger partial charge is 0.480 e. The summed E-state index contributed by atoms with van der Waals surface area (Å²) in [6, 6.07) is 9.00. The molecule has 1 amide bonds. The van der Waals surface area contributed by atoms with E-state index in [0.29, 0.717) is 0 Å². The van der Waals surface area contributed by atoms with Crippen LogP contribution in [0.1, 0.15) is 35.5 Å². The molecule has 0 saturated heterocycles. The Hall–Kier alpha value is -2.23. The van der Waals surface area contributed by atoms with Gasteiger partial charge in [0.1, 0.15) is 5.54 Å². The molecule has 1 aromatic carbocycles. The monoisotopic (exact) mass is 396 g/mol. The second-order valence-electron chi connectivity index (χ2n) is 5.87. The molecule has 1 atom stereocenters. The van der Waals surface area contributed by atoms with Gasteiger partial charge in [-0.05, 0) is 49.1 Å². The minimum atomic E-state index is -3.70. The summed E-state index contributed by atoms with van der Waals surface area (Å²) in [5.41, 5.74) is -1.20. The van der Waals surface area contributed by atoms with E-state index in [2.05, 4.69) is 10.0 Å². The highest BCUT2D eigenvalue weighted by molar-refractivity contribution is 7.89. The van der Waals surface area contributed by atoms with Crippen molar-refractivity contribution in [3.05, 3.63) is 52.2 Å². The maximum Gasteiger partial charge on any atom is 0.329 e. The van der Waals surface area contributed by atoms with E-state index in [-0.39, 0.29) is 23.4 Å². The van der Waals surface area contributed by atoms with E-state index in [1.54, 1.807) is 6.92 Å². The molecule has 2 rings (SSSR count). The molecule has 1 aromatic heterocycles. The van der Waals surface area contributed by atoms with Crippen LogP contribution in [0.5, 0.6) is 0 Å². The van der Waals surface area contributed by atoms with Crippen molar-refractivity contribution in [2.75, 3.05) is 0 Å². The highest BCUT2D eigenvalue weighted by atomic mass is 32.2. The summed E-state index contributed by atoms with van der Waals surface area (Å²) in [7, 11) is -3.70. The summed E-state index contributed by atoms with van der Waals surface area (Å²) in [5.74, 6) is -1.71. The Balaban J connectivity index is 2.09. The first-order chi connectivity index (χ1) is 12.2. The van der Waals surface area contributed by atoms with Gasteiger partial charge in [-0.25, -0.2) is 17.9 Å². The van der Waals surface area contributed by atoms with Crippen LogP contribution in [-0.4, -0.2) is 30.9 Å². The number of sulfonamides is 1. The number of carboxylic acids is 1. The number of carbonyl (C=O) groups is 2. The highest BCUT2D eigenvalue weighted by Crippen LogP contribution is 2.15. The smallest absolute Gasteiger partial charge is 0.329 e. The number of aliphatic carboxylic acids is 1. The lowest BCUT2D eigenvalue weighted by Crippen LogP contribution is -2.51. The SMILES string of the molecule is CCC(C)(NC(=O)c1ccc(S(=O)(=O)NCc2cccs2)cc1)C(=O)O. The fourth-order valence-corrected chi connectivity index (χ4v) is 3.81. The Labute approximate surface area is 156 Å². The number of rotatable bonds is 8. The third-order valence-corrected chi connectivity index (χ3v) is 6.31. The van der Waals surface area contributed by atoms with Crippen molar-refractivity contribution >= 4 is 33.2 Å². The molecule has 1 heterocycles. The Morgan fingerprint density at radius 1 is 1.19 bits per heavy atom. The lowest BCUT2D eigenvalue weighted by molar-refractivity contribution is -0.143. The summed E-state index contributed by atoms with van der Waals surface area (Å²) in [6.07, 6.45) is 0.215. The topological polar surface area (TPSA) is 113 Å². The van der Waals surface area contributed by atoms with Crippen LogP contribution in [0.15, 0.2) is 46.7 Å². The van der Waals surface area contributed by atoms with E-state index in [1.165, 1.54) is 42.5 Å². The summed E-state index contributed by atoms with van der Waals surface area (Å²) >= 11 is 1.45. The van der Waals surface area contributed by atoms with Crippen molar-refractivity contribution in [2.24, 2.45) is 0 Å². The number of hydrogen-bond donors (Lipinski definition) is 3. The highest BCUT2D eigenvalue weighted by Gasteiger charge is 2.33. The summed E-state index contributed by atoms with van der Waals surface area (Å²) in [4.78, 5) is 24.4. The van der Waals surface area contributed by atoms with E-state index in [1.807, 2.05) is 17.5 Å². The van der Waals surface area contributed by atoms with Gasteiger partial charge in [0.05, 0.1) is 4.90 Å². The molecule has 0 bridgehead atoms. The van der Waals surface area contributed by atoms with E-state index in [4.69, 9.17) is 0 Å². The predicted molar refractivity (Wildman–Crippen MR) is 98.6 cm³/mol. The molecule has 2 aromatic rings. The van der Waals surface area contributed by atoms with Crippen LogP contribution in [0.25, 0.3) is 0 Å². The summed E-state index contributed by atoms with van der Waals surface area (Å²) in [6.45, 7) is 3.26. The van der Waals surface area contributed by atoms with E-state index in [0.717, 1.165) is 4.88 Å². The minimum absolute atomic E-state index is 0.0297. The zero-order valence-corrected chi connectivity index (χ0v) is 16.0. The van der Waals surface area contributed by atoms with Crippen molar-refractivity contribution in [2.45, 2.75) is 37.2 Å². The Morgan fingerprint density at radius 2 is 1.85 bits per heavy atom. The Kier molecular flexibility index (Phi) is 6.17. The molecule has 0 aliphatic rings. The molecule has 9 heteroatoms. The standard InChI is InChI=1S/C17H20N2O5S2/c1-3-17(2,16(21)22)19-15(20)12-6-8-14(9-7-12)26(23,24)18-11-13-5-4-10-25-13/h4-10,18H,3,11H2,1-2H3,(H,19,20)(H,21,22). The maximum absolute atomic E-state index is 12.3. The van der Waals surface area contributed by atoms with Crippen LogP contribution in [0.3, 0.4) is 0 Å². The fraction of sp³-hybridized carbons (Fsp3) is 0.294. The molecule has 0 saturated carbocycles. The van der Waals surface area contributed by atoms with E-state index >= 15 is 0 Å². The number of carbonyl (C=O) groups excluding carboxylic acids is 1. The molecule has 0 aliphatic carbocycles. The van der Waals surface area contributed by atoms with Crippen LogP contribution < -0.4 is 10.0 Å². The summed E-state index contributed by atoms with van der Waals surface area (Å²) in [5, 5.41) is 13.5. The number of hydrogen-bond acceptors (Lipinski definition) is 5. The molecule has 0 fully saturated rings. The van der Waals surface area contributed by atoms with Gasteiger partial charge in [-0.2, -0.15) is 0 Å². The minimum Gasteiger partial charge on any atom is -0.480 e. The number of nitrogens with one attached hydrogen (secondary N) is 2. The average Bonchev–Trinajstić information content (AvgIpc) is 3.13. The van der Waals surface area contributed by atoms with Crippen molar-refractivity contribution in [1.82, 2.24) is 10.0 Å². The normalized spacial score (nSPS) is 13.8. The van der Waals surface area contributed by atoms with Gasteiger partial charge in [0, 0.05) is 17.0 Å². The molecule has 140 valence electrons. The van der Waals surface area contributed by atoms with Crippen LogP contribution in [0.2, 0.25) is 0 Å². The van der Waals surface area contributed by atoms with Crippen LogP contribution >= 0.6 is 11.3 Å². The van der Waals surface area contributed by atoms with Gasteiger partial charge < -0.3 is 10.4 Å². The molecular weight excluding hydrogens is 376 g/mol. The van der Waals surface area contributed by atoms with Crippen LogP contribution in [-0.2, 0) is 21.4 Å². The van der Waals surface area contributed by atoms with Crippen molar-refractivity contribution < 1.29 is 23.1 Å². The maximum atomic E-state index is 12.3. The van der Waals surface area contributed by atoms with Crippen molar-refractivity contribution in [3.63, 3.8) is 0 Å². The van der Waals surface area contributed by atoms with Crippen LogP contribution in [0, 0.1) is 0 Å². The molecule has 0 aliphatic heterocycles. The summed E-state index contributed by atoms with van der Waals surface area (Å²) < 4.78 is 27.1. The number of carboxylic acid groups (broad SMARTS) is 1. The van der Waals surface area contributed by atoms with E-state index in [9.17, 15) is 23.1 Å². The van der Waals surface area contributed by atoms with Gasteiger partial charge in [0.2, 0.25) is 10.0 Å². The zero-order valence-electron chi connectivity index (χ0n) is 14.4. The van der Waals surface area contributed by atoms with Gasteiger partial charge >= 0.3 is 5.97 Å². The Morgan fingerprint density at radius 3 is 2.35 bits per heavy atom. The molecule has 0 radical (unpaired) electrons. The third kappa shape index (κ3) is 4.69. The lowest BCUT2D eigenvalue weighted by Gasteiger charge is -2.24. The first-order valence-electron chi connectivity index (χ1n) is 7.86. The van der Waals surface area contributed by atoms with Gasteiger partial charge in [0.15, 0.2) is 0 Å². The first-order valence-corrected chi connectivity index (χ1v) is 10.2. The fourth-order valence-electron chi connectivity index (χ4n) is 2.06. The molecule has 0 spiro atoms. The van der Waals surface area contributed by atoms with Gasteiger partial charge in [-0.1, -0.05) is 13.0 Å². The van der Waals surface area contributed by atoms with Gasteiger partial charge in [-0.15, -0.1) is 11.3 Å². The van der Waals surface area contributed by atoms with Gasteiger partial charge in [0.25, 0.3) is 5.91 Å². The van der Waals surface area contributed by atoms with Crippen molar-refractivity contribution in [1.29, 1.82) is 0 Å². The Bertz CT molecular complexity index is 876. The first kappa shape index (κ1) is 20.1. The van der Waals surface area contributed by atoms with E-state index < -0.39 is 27.4 Å². The molecule has 26 heavy (non-hydrogen) atoms. The second-order valence-corrected chi connectivity index (χ2v) is 8.67. The lowest BCUT2D eigenvalue weighted by atomic mass is 9.98. The van der Waals surface area contributed by atoms with Crippen LogP contribution in [0.4, 0.5) is 0 Å². The molecule has 3 N–H and O–H groups in total. The average molecular weight is 396 g/mol. The second kappa shape index (κ2) is 7.98. The number of amides is 1. The molecule has 7 nitrogen and oxygen atoms in total. The van der Waals surface area contributed by atoms with Gasteiger partial charge in [-0.3, -0.25) is 4.79 Å². The van der Waals surface area contributed by atoms with Crippen molar-refractivity contribution in [3.8, 4) is 0 Å².